The summed E-state index contributed by atoms with van der Waals surface area (Å²) in [5.74, 6) is -0.180. The van der Waals surface area contributed by atoms with E-state index < -0.39 is 13.0 Å². The highest BCUT2D eigenvalue weighted by Crippen LogP contribution is 2.16. The van der Waals surface area contributed by atoms with E-state index in [9.17, 15) is 19.6 Å². The molecule has 0 aliphatic heterocycles. The van der Waals surface area contributed by atoms with Crippen molar-refractivity contribution in [2.45, 2.75) is 20.4 Å². The van der Waals surface area contributed by atoms with Crippen molar-refractivity contribution in [3.63, 3.8) is 0 Å². The van der Waals surface area contributed by atoms with Crippen molar-refractivity contribution >= 4 is 18.5 Å². The lowest BCUT2D eigenvalue weighted by molar-refractivity contribution is 0.0948. The van der Waals surface area contributed by atoms with Crippen molar-refractivity contribution in [2.24, 2.45) is 0 Å². The van der Waals surface area contributed by atoms with Gasteiger partial charge in [0.1, 0.15) is 5.75 Å². The molecule has 0 fully saturated rings. The number of aromatic nitrogens is 1. The average molecular weight is 330 g/mol. The van der Waals surface area contributed by atoms with E-state index >= 15 is 0 Å². The lowest BCUT2D eigenvalue weighted by atomic mass is 9.79. The number of carbonyl (C=O) groups is 1. The molecule has 1 aromatic carbocycles. The van der Waals surface area contributed by atoms with Gasteiger partial charge in [-0.1, -0.05) is 6.07 Å². The topological polar surface area (TPSA) is 112 Å². The van der Waals surface area contributed by atoms with Gasteiger partial charge in [-0.3, -0.25) is 9.59 Å². The van der Waals surface area contributed by atoms with E-state index in [4.69, 9.17) is 4.74 Å². The molecule has 0 saturated carbocycles. The fourth-order valence-corrected chi connectivity index (χ4v) is 2.43. The first kappa shape index (κ1) is 17.8. The molecule has 0 bridgehead atoms. The van der Waals surface area contributed by atoms with Gasteiger partial charge in [0, 0.05) is 17.8 Å². The zero-order valence-electron chi connectivity index (χ0n) is 13.7. The number of nitrogens with one attached hydrogen (secondary N) is 2. The normalized spacial score (nSPS) is 10.4. The number of ether oxygens (including phenoxy) is 1. The van der Waals surface area contributed by atoms with Crippen LogP contribution in [0, 0.1) is 13.8 Å². The largest absolute Gasteiger partial charge is 0.496 e. The minimum atomic E-state index is -1.69. The van der Waals surface area contributed by atoms with Crippen molar-refractivity contribution in [1.29, 1.82) is 0 Å². The third-order valence-corrected chi connectivity index (χ3v) is 3.69. The van der Waals surface area contributed by atoms with Crippen LogP contribution in [0.25, 0.3) is 0 Å². The number of hydrogen-bond donors (Lipinski definition) is 4. The predicted octanol–water partition coefficient (Wildman–Crippen LogP) is -0.390. The van der Waals surface area contributed by atoms with Crippen LogP contribution in [0.2, 0.25) is 0 Å². The highest BCUT2D eigenvalue weighted by molar-refractivity contribution is 6.58. The minimum absolute atomic E-state index is 0.0509. The second kappa shape index (κ2) is 7.33. The smallest absolute Gasteiger partial charge is 0.488 e. The molecule has 0 aliphatic rings. The van der Waals surface area contributed by atoms with E-state index in [0.29, 0.717) is 11.3 Å². The molecule has 0 unspecified atom stereocenters. The molecule has 0 atom stereocenters. The van der Waals surface area contributed by atoms with Gasteiger partial charge in [-0.15, -0.1) is 0 Å². The molecule has 8 heteroatoms. The van der Waals surface area contributed by atoms with Gasteiger partial charge in [-0.2, -0.15) is 0 Å². The average Bonchev–Trinajstić information content (AvgIpc) is 2.52. The molecule has 1 heterocycles. The Morgan fingerprint density at radius 2 is 2.00 bits per heavy atom. The summed E-state index contributed by atoms with van der Waals surface area (Å²) in [6.07, 6.45) is 0. The highest BCUT2D eigenvalue weighted by atomic mass is 16.5. The lowest BCUT2D eigenvalue weighted by Crippen LogP contribution is -2.33. The van der Waals surface area contributed by atoms with Gasteiger partial charge in [0.05, 0.1) is 12.7 Å². The second-order valence-corrected chi connectivity index (χ2v) is 5.46. The molecular weight excluding hydrogens is 311 g/mol. The first-order chi connectivity index (χ1) is 11.3. The Balaban J connectivity index is 2.24. The van der Waals surface area contributed by atoms with Gasteiger partial charge < -0.3 is 25.1 Å². The molecule has 24 heavy (non-hydrogen) atoms. The minimum Gasteiger partial charge on any atom is -0.496 e. The number of aromatic amines is 1. The molecule has 2 rings (SSSR count). The zero-order chi connectivity index (χ0) is 17.9. The maximum atomic E-state index is 12.4. The third-order valence-electron chi connectivity index (χ3n) is 3.69. The van der Waals surface area contributed by atoms with Crippen molar-refractivity contribution < 1.29 is 19.6 Å². The number of carbonyl (C=O) groups excluding carboxylic acids is 1. The summed E-state index contributed by atoms with van der Waals surface area (Å²) in [7, 11) is -0.277. The summed E-state index contributed by atoms with van der Waals surface area (Å²) in [6, 6.07) is 6.10. The van der Waals surface area contributed by atoms with Crippen LogP contribution in [-0.4, -0.2) is 35.2 Å². The van der Waals surface area contributed by atoms with Crippen LogP contribution >= 0.6 is 0 Å². The van der Waals surface area contributed by atoms with Crippen LogP contribution in [0.3, 0.4) is 0 Å². The Kier molecular flexibility index (Phi) is 5.43. The maximum Gasteiger partial charge on any atom is 0.488 e. The first-order valence-electron chi connectivity index (χ1n) is 7.35. The first-order valence-corrected chi connectivity index (χ1v) is 7.35. The van der Waals surface area contributed by atoms with Gasteiger partial charge in [0.2, 0.25) is 0 Å². The predicted molar refractivity (Wildman–Crippen MR) is 90.5 cm³/mol. The molecular formula is C16H19BN2O5. The Morgan fingerprint density at radius 3 is 2.58 bits per heavy atom. The van der Waals surface area contributed by atoms with Crippen LogP contribution in [0.1, 0.15) is 27.2 Å². The highest BCUT2D eigenvalue weighted by Gasteiger charge is 2.18. The van der Waals surface area contributed by atoms with E-state index in [-0.39, 0.29) is 23.1 Å². The zero-order valence-corrected chi connectivity index (χ0v) is 13.7. The summed E-state index contributed by atoms with van der Waals surface area (Å²) in [4.78, 5) is 27.1. The molecule has 0 spiro atoms. The van der Waals surface area contributed by atoms with Gasteiger partial charge in [-0.25, -0.2) is 0 Å². The number of methoxy groups -OCH3 is 1. The second-order valence-electron chi connectivity index (χ2n) is 5.46. The molecule has 7 nitrogen and oxygen atoms in total. The Hall–Kier alpha value is -2.58. The van der Waals surface area contributed by atoms with E-state index in [0.717, 1.165) is 11.3 Å². The van der Waals surface area contributed by atoms with Gasteiger partial charge in [-0.05, 0) is 43.1 Å². The molecule has 0 radical (unpaired) electrons. The van der Waals surface area contributed by atoms with Crippen molar-refractivity contribution in [3.8, 4) is 5.75 Å². The number of rotatable bonds is 5. The SMILES string of the molecule is COc1ccc(B(O)O)cc1C(=O)NCc1c(C)cc(C)[nH]c1=O. The van der Waals surface area contributed by atoms with Gasteiger partial charge in [0.15, 0.2) is 0 Å². The number of aryl methyl sites for hydroxylation is 2. The van der Waals surface area contributed by atoms with Crippen molar-refractivity contribution in [1.82, 2.24) is 10.3 Å². The van der Waals surface area contributed by atoms with Gasteiger partial charge in [0.25, 0.3) is 11.5 Å². The summed E-state index contributed by atoms with van der Waals surface area (Å²) >= 11 is 0. The quantitative estimate of drug-likeness (QED) is 0.558. The van der Waals surface area contributed by atoms with Gasteiger partial charge >= 0.3 is 7.12 Å². The Bertz CT molecular complexity index is 817. The molecule has 126 valence electrons. The Labute approximate surface area is 139 Å². The Morgan fingerprint density at radius 1 is 1.29 bits per heavy atom. The fourth-order valence-electron chi connectivity index (χ4n) is 2.43. The number of hydrogen-bond acceptors (Lipinski definition) is 5. The summed E-state index contributed by atoms with van der Waals surface area (Å²) in [6.45, 7) is 3.63. The van der Waals surface area contributed by atoms with E-state index in [1.54, 1.807) is 13.8 Å². The van der Waals surface area contributed by atoms with Crippen LogP contribution < -0.4 is 21.1 Å². The molecule has 0 aliphatic carbocycles. The van der Waals surface area contributed by atoms with E-state index in [2.05, 4.69) is 10.3 Å². The fraction of sp³-hybridized carbons (Fsp3) is 0.250. The van der Waals surface area contributed by atoms with Crippen LogP contribution in [-0.2, 0) is 6.54 Å². The summed E-state index contributed by atoms with van der Waals surface area (Å²) in [5, 5.41) is 21.1. The van der Waals surface area contributed by atoms with Crippen molar-refractivity contribution in [3.05, 3.63) is 57.0 Å². The number of amides is 1. The van der Waals surface area contributed by atoms with Crippen LogP contribution in [0.15, 0.2) is 29.1 Å². The maximum absolute atomic E-state index is 12.4. The van der Waals surface area contributed by atoms with E-state index in [1.807, 2.05) is 6.07 Å². The summed E-state index contributed by atoms with van der Waals surface area (Å²) in [5.41, 5.74) is 2.07. The van der Waals surface area contributed by atoms with Crippen molar-refractivity contribution in [2.75, 3.05) is 7.11 Å². The monoisotopic (exact) mass is 330 g/mol. The molecule has 2 aromatic rings. The van der Waals surface area contributed by atoms with E-state index in [1.165, 1.54) is 25.3 Å². The summed E-state index contributed by atoms with van der Waals surface area (Å²) < 4.78 is 5.12. The van der Waals surface area contributed by atoms with Crippen LogP contribution in [0.4, 0.5) is 0 Å². The van der Waals surface area contributed by atoms with Crippen LogP contribution in [0.5, 0.6) is 5.75 Å². The standard InChI is InChI=1S/C16H19BN2O5/c1-9-6-10(2)19-16(21)13(9)8-18-15(20)12-7-11(17(22)23)4-5-14(12)24-3/h4-7,22-23H,8H2,1-3H3,(H,18,20)(H,19,21). The number of H-pyrrole nitrogens is 1. The lowest BCUT2D eigenvalue weighted by Gasteiger charge is -2.12. The molecule has 1 aromatic heterocycles. The third kappa shape index (κ3) is 3.84. The molecule has 0 saturated heterocycles. The molecule has 1 amide bonds. The number of pyridine rings is 1. The number of benzene rings is 1. The molecule has 4 N–H and O–H groups in total.